The van der Waals surface area contributed by atoms with Crippen LogP contribution in [0.4, 0.5) is 0 Å². The van der Waals surface area contributed by atoms with Crippen LogP contribution in [-0.4, -0.2) is 13.0 Å². The highest BCUT2D eigenvalue weighted by atomic mass is 16.1. The Balaban J connectivity index is 0.000000576. The van der Waals surface area contributed by atoms with Crippen molar-refractivity contribution in [3.63, 3.8) is 0 Å². The fourth-order valence-electron chi connectivity index (χ4n) is 2.82. The molecule has 1 aliphatic heterocycles. The summed E-state index contributed by atoms with van der Waals surface area (Å²) in [5.41, 5.74) is 3.47. The van der Waals surface area contributed by atoms with Gasteiger partial charge in [-0.2, -0.15) is 0 Å². The molecule has 0 fully saturated rings. The van der Waals surface area contributed by atoms with Crippen LogP contribution < -0.4 is 5.43 Å². The summed E-state index contributed by atoms with van der Waals surface area (Å²) in [6.07, 6.45) is 2.18. The smallest absolute Gasteiger partial charge is 0.192 e. The van der Waals surface area contributed by atoms with Crippen LogP contribution in [-0.2, 0) is 6.42 Å². The van der Waals surface area contributed by atoms with Gasteiger partial charge in [-0.25, -0.2) is 0 Å². The molecule has 1 aliphatic rings. The molecule has 0 bridgehead atoms. The summed E-state index contributed by atoms with van der Waals surface area (Å²) < 4.78 is 2.34. The number of nitrogens with zero attached hydrogens (tertiary/aromatic N) is 1. The van der Waals surface area contributed by atoms with Crippen molar-refractivity contribution in [3.05, 3.63) is 45.7 Å². The van der Waals surface area contributed by atoms with Crippen molar-refractivity contribution in [2.24, 2.45) is 0 Å². The molecule has 1 aromatic heterocycles. The first-order valence-corrected chi connectivity index (χ1v) is 6.83. The summed E-state index contributed by atoms with van der Waals surface area (Å²) in [5.74, 6) is 0. The molecular formula is C16H21BNO. The van der Waals surface area contributed by atoms with E-state index < -0.39 is 0 Å². The van der Waals surface area contributed by atoms with Crippen LogP contribution in [0.25, 0.3) is 10.9 Å². The van der Waals surface area contributed by atoms with Gasteiger partial charge in [0.05, 0.1) is 5.52 Å². The summed E-state index contributed by atoms with van der Waals surface area (Å²) >= 11 is 0. The zero-order valence-electron chi connectivity index (χ0n) is 12.2. The molecule has 0 spiro atoms. The SMILES string of the molecule is CC.Cc1c2n(c3ccccc3c1=O)C(C)CC2.[B]. The van der Waals surface area contributed by atoms with Crippen molar-refractivity contribution in [2.45, 2.75) is 46.6 Å². The molecule has 3 heteroatoms. The quantitative estimate of drug-likeness (QED) is 0.660. The van der Waals surface area contributed by atoms with Gasteiger partial charge < -0.3 is 4.57 Å². The van der Waals surface area contributed by atoms with E-state index in [-0.39, 0.29) is 13.8 Å². The molecule has 0 aliphatic carbocycles. The fraction of sp³-hybridized carbons (Fsp3) is 0.438. The lowest BCUT2D eigenvalue weighted by Gasteiger charge is -2.15. The first-order valence-electron chi connectivity index (χ1n) is 6.83. The Bertz CT molecular complexity index is 630. The van der Waals surface area contributed by atoms with Gasteiger partial charge in [0, 0.05) is 31.1 Å². The maximum Gasteiger partial charge on any atom is 0.192 e. The zero-order chi connectivity index (χ0) is 13.3. The lowest BCUT2D eigenvalue weighted by Crippen LogP contribution is -2.15. The molecule has 2 aromatic rings. The Labute approximate surface area is 117 Å². The molecule has 0 amide bonds. The van der Waals surface area contributed by atoms with Gasteiger partial charge in [-0.1, -0.05) is 26.0 Å². The van der Waals surface area contributed by atoms with Gasteiger partial charge in [0.25, 0.3) is 0 Å². The third-order valence-corrected chi connectivity index (χ3v) is 3.71. The second-order valence-electron chi connectivity index (χ2n) is 4.68. The predicted octanol–water partition coefficient (Wildman–Crippen LogP) is 3.46. The minimum Gasteiger partial charge on any atom is -0.341 e. The first-order chi connectivity index (χ1) is 8.70. The van der Waals surface area contributed by atoms with Crippen LogP contribution in [0.15, 0.2) is 29.1 Å². The van der Waals surface area contributed by atoms with Crippen molar-refractivity contribution in [1.82, 2.24) is 4.57 Å². The normalized spacial score (nSPS) is 16.3. The van der Waals surface area contributed by atoms with Crippen molar-refractivity contribution in [3.8, 4) is 0 Å². The Hall–Kier alpha value is -1.51. The number of benzene rings is 1. The van der Waals surface area contributed by atoms with Gasteiger partial charge in [-0.05, 0) is 38.8 Å². The zero-order valence-corrected chi connectivity index (χ0v) is 12.2. The molecule has 0 saturated carbocycles. The Morgan fingerprint density at radius 2 is 1.84 bits per heavy atom. The summed E-state index contributed by atoms with van der Waals surface area (Å²) in [7, 11) is 0. The van der Waals surface area contributed by atoms with Crippen LogP contribution >= 0.6 is 0 Å². The van der Waals surface area contributed by atoms with Crippen LogP contribution in [0.1, 0.15) is 44.5 Å². The van der Waals surface area contributed by atoms with Crippen LogP contribution in [0.5, 0.6) is 0 Å². The minimum atomic E-state index is 0. The van der Waals surface area contributed by atoms with E-state index in [4.69, 9.17) is 0 Å². The van der Waals surface area contributed by atoms with Crippen molar-refractivity contribution >= 4 is 19.3 Å². The molecule has 2 heterocycles. The highest BCUT2D eigenvalue weighted by Gasteiger charge is 2.22. The average Bonchev–Trinajstić information content (AvgIpc) is 2.81. The highest BCUT2D eigenvalue weighted by molar-refractivity contribution is 5.80. The number of aromatic nitrogens is 1. The van der Waals surface area contributed by atoms with E-state index >= 15 is 0 Å². The molecule has 3 rings (SSSR count). The summed E-state index contributed by atoms with van der Waals surface area (Å²) in [6, 6.07) is 8.45. The Kier molecular flexibility index (Phi) is 4.99. The third kappa shape index (κ3) is 2.34. The molecule has 2 nitrogen and oxygen atoms in total. The van der Waals surface area contributed by atoms with Crippen molar-refractivity contribution in [2.75, 3.05) is 0 Å². The van der Waals surface area contributed by atoms with Crippen molar-refractivity contribution < 1.29 is 0 Å². The van der Waals surface area contributed by atoms with Gasteiger partial charge in [0.15, 0.2) is 5.43 Å². The number of pyridine rings is 1. The van der Waals surface area contributed by atoms with E-state index in [1.165, 1.54) is 5.69 Å². The van der Waals surface area contributed by atoms with E-state index in [9.17, 15) is 4.79 Å². The van der Waals surface area contributed by atoms with Gasteiger partial charge in [0.1, 0.15) is 0 Å². The molecule has 99 valence electrons. The van der Waals surface area contributed by atoms with Gasteiger partial charge >= 0.3 is 0 Å². The molecule has 0 saturated heterocycles. The summed E-state index contributed by atoms with van der Waals surface area (Å²) in [4.78, 5) is 12.2. The highest BCUT2D eigenvalue weighted by Crippen LogP contribution is 2.30. The second kappa shape index (κ2) is 6.09. The van der Waals surface area contributed by atoms with Gasteiger partial charge in [-0.15, -0.1) is 0 Å². The first kappa shape index (κ1) is 15.6. The third-order valence-electron chi connectivity index (χ3n) is 3.71. The van der Waals surface area contributed by atoms with E-state index in [1.54, 1.807) is 0 Å². The molecule has 1 atom stereocenters. The van der Waals surface area contributed by atoms with Crippen LogP contribution in [0.2, 0.25) is 0 Å². The van der Waals surface area contributed by atoms with E-state index in [1.807, 2.05) is 39.0 Å². The number of rotatable bonds is 0. The average molecular weight is 254 g/mol. The van der Waals surface area contributed by atoms with Gasteiger partial charge in [0.2, 0.25) is 0 Å². The number of fused-ring (bicyclic) bond motifs is 3. The largest absolute Gasteiger partial charge is 0.341 e. The van der Waals surface area contributed by atoms with E-state index in [0.717, 1.165) is 29.3 Å². The maximum atomic E-state index is 12.2. The molecule has 19 heavy (non-hydrogen) atoms. The van der Waals surface area contributed by atoms with Crippen LogP contribution in [0, 0.1) is 6.92 Å². The Morgan fingerprint density at radius 3 is 2.53 bits per heavy atom. The molecule has 1 aromatic carbocycles. The maximum absolute atomic E-state index is 12.2. The lowest BCUT2D eigenvalue weighted by molar-refractivity contribution is 0.594. The number of hydrogen-bond acceptors (Lipinski definition) is 1. The standard InChI is InChI=1S/C14H15NO.C2H6.B/c1-9-7-8-12-10(2)14(16)11-5-3-4-6-13(11)15(9)12;1-2;/h3-6,9H,7-8H2,1-2H3;1-2H3;. The molecule has 0 N–H and O–H groups in total. The summed E-state index contributed by atoms with van der Waals surface area (Å²) in [5, 5.41) is 0.859. The minimum absolute atomic E-state index is 0. The second-order valence-corrected chi connectivity index (χ2v) is 4.68. The Morgan fingerprint density at radius 1 is 1.21 bits per heavy atom. The number of para-hydroxylation sites is 1. The topological polar surface area (TPSA) is 22.0 Å². The predicted molar refractivity (Wildman–Crippen MR) is 83.1 cm³/mol. The molecule has 1 unspecified atom stereocenters. The molecular weight excluding hydrogens is 233 g/mol. The number of hydrogen-bond donors (Lipinski definition) is 0. The van der Waals surface area contributed by atoms with Crippen LogP contribution in [0.3, 0.4) is 0 Å². The van der Waals surface area contributed by atoms with Gasteiger partial charge in [-0.3, -0.25) is 4.79 Å². The van der Waals surface area contributed by atoms with Crippen molar-refractivity contribution in [1.29, 1.82) is 0 Å². The monoisotopic (exact) mass is 254 g/mol. The van der Waals surface area contributed by atoms with E-state index in [2.05, 4.69) is 17.6 Å². The lowest BCUT2D eigenvalue weighted by atomic mass is 10.1. The summed E-state index contributed by atoms with van der Waals surface area (Å²) in [6.45, 7) is 8.19. The van der Waals surface area contributed by atoms with E-state index in [0.29, 0.717) is 6.04 Å². The fourth-order valence-corrected chi connectivity index (χ4v) is 2.82. The molecule has 3 radical (unpaired) electrons.